The van der Waals surface area contributed by atoms with E-state index in [0.717, 1.165) is 32.2 Å². The molecule has 2 aliphatic heterocycles. The third-order valence-corrected chi connectivity index (χ3v) is 4.36. The lowest BCUT2D eigenvalue weighted by Crippen LogP contribution is -2.44. The first-order chi connectivity index (χ1) is 12.0. The van der Waals surface area contributed by atoms with Crippen LogP contribution in [0.25, 0.3) is 0 Å². The fourth-order valence-corrected chi connectivity index (χ4v) is 2.72. The van der Waals surface area contributed by atoms with E-state index in [-0.39, 0.29) is 42.5 Å². The maximum absolute atomic E-state index is 11.7. The van der Waals surface area contributed by atoms with Crippen molar-refractivity contribution in [3.63, 3.8) is 0 Å². The van der Waals surface area contributed by atoms with Crippen molar-refractivity contribution in [3.8, 4) is 0 Å². The molecule has 1 atom stereocenters. The Labute approximate surface area is 173 Å². The van der Waals surface area contributed by atoms with Gasteiger partial charge in [-0.2, -0.15) is 0 Å². The highest BCUT2D eigenvalue weighted by Crippen LogP contribution is 2.32. The Bertz CT molecular complexity index is 456. The van der Waals surface area contributed by atoms with E-state index < -0.39 is 5.79 Å². The largest absolute Gasteiger partial charge is 0.381 e. The lowest BCUT2D eigenvalue weighted by molar-refractivity contribution is -0.210. The topological polar surface area (TPSA) is 84.4 Å². The number of aliphatic imine (C=N–C) groups is 1. The zero-order valence-corrected chi connectivity index (χ0v) is 18.4. The van der Waals surface area contributed by atoms with Crippen LogP contribution in [-0.4, -0.2) is 82.2 Å². The number of hydrogen-bond acceptors (Lipinski definition) is 5. The van der Waals surface area contributed by atoms with Crippen LogP contribution in [0.1, 0.15) is 32.6 Å². The van der Waals surface area contributed by atoms with Gasteiger partial charge in [-0.05, 0) is 6.42 Å². The molecule has 2 heterocycles. The smallest absolute Gasteiger partial charge is 0.243 e. The predicted octanol–water partition coefficient (Wildman–Crippen LogP) is 0.950. The lowest BCUT2D eigenvalue weighted by Gasteiger charge is -2.31. The molecule has 0 saturated carbocycles. The Balaban J connectivity index is 0.00000338. The molecule has 26 heavy (non-hydrogen) atoms. The molecule has 0 aromatic carbocycles. The van der Waals surface area contributed by atoms with E-state index >= 15 is 0 Å². The molecule has 2 rings (SSSR count). The molecule has 2 fully saturated rings. The number of halogens is 1. The van der Waals surface area contributed by atoms with Gasteiger partial charge in [-0.25, -0.2) is 4.99 Å². The summed E-state index contributed by atoms with van der Waals surface area (Å²) in [6.07, 6.45) is 3.67. The highest BCUT2D eigenvalue weighted by molar-refractivity contribution is 14.0. The molecular weight excluding hydrogens is 451 g/mol. The monoisotopic (exact) mass is 484 g/mol. The minimum Gasteiger partial charge on any atom is -0.381 e. The number of rotatable bonds is 7. The minimum absolute atomic E-state index is 0. The van der Waals surface area contributed by atoms with Crippen molar-refractivity contribution < 1.29 is 19.0 Å². The van der Waals surface area contributed by atoms with Crippen molar-refractivity contribution in [2.75, 3.05) is 53.6 Å². The molecule has 0 bridgehead atoms. The molecule has 9 heteroatoms. The van der Waals surface area contributed by atoms with Crippen LogP contribution in [0.2, 0.25) is 0 Å². The van der Waals surface area contributed by atoms with Gasteiger partial charge >= 0.3 is 0 Å². The first kappa shape index (κ1) is 23.4. The van der Waals surface area contributed by atoms with E-state index in [4.69, 9.17) is 14.2 Å². The first-order valence-corrected chi connectivity index (χ1v) is 9.16. The second-order valence-corrected chi connectivity index (χ2v) is 6.69. The van der Waals surface area contributed by atoms with Crippen molar-refractivity contribution >= 4 is 35.8 Å². The molecule has 0 aromatic rings. The fourth-order valence-electron chi connectivity index (χ4n) is 2.72. The van der Waals surface area contributed by atoms with Gasteiger partial charge in [0, 0.05) is 40.0 Å². The van der Waals surface area contributed by atoms with Gasteiger partial charge in [-0.3, -0.25) is 4.79 Å². The van der Waals surface area contributed by atoms with Gasteiger partial charge in [0.2, 0.25) is 5.91 Å². The number of nitrogens with zero attached hydrogens (tertiary/aromatic N) is 2. The number of hydrogen-bond donors (Lipinski definition) is 2. The zero-order valence-electron chi connectivity index (χ0n) is 16.1. The summed E-state index contributed by atoms with van der Waals surface area (Å²) < 4.78 is 17.4. The van der Waals surface area contributed by atoms with E-state index in [0.29, 0.717) is 32.3 Å². The summed E-state index contributed by atoms with van der Waals surface area (Å²) in [5.41, 5.74) is 0. The number of amides is 1. The van der Waals surface area contributed by atoms with Crippen LogP contribution in [0.4, 0.5) is 0 Å². The normalized spacial score (nSPS) is 22.0. The molecule has 2 N–H and O–H groups in total. The summed E-state index contributed by atoms with van der Waals surface area (Å²) in [5, 5.41) is 6.53. The Morgan fingerprint density at radius 2 is 2.00 bits per heavy atom. The number of likely N-dealkylation sites (N-methyl/N-ethyl adjacent to an activating group) is 1. The number of unbranched alkanes of at least 4 members (excludes halogenated alkanes) is 1. The minimum atomic E-state index is -0.474. The predicted molar refractivity (Wildman–Crippen MR) is 111 cm³/mol. The maximum Gasteiger partial charge on any atom is 0.243 e. The molecular formula is C17H33IN4O4. The van der Waals surface area contributed by atoms with Crippen molar-refractivity contribution in [1.82, 2.24) is 15.5 Å². The van der Waals surface area contributed by atoms with E-state index in [9.17, 15) is 4.79 Å². The molecule has 1 spiro atoms. The van der Waals surface area contributed by atoms with Crippen molar-refractivity contribution in [2.24, 2.45) is 4.99 Å². The van der Waals surface area contributed by atoms with Crippen LogP contribution in [-0.2, 0) is 19.0 Å². The molecule has 0 aliphatic carbocycles. The standard InChI is InChI=1S/C17H32N4O4.HI/c1-4-5-8-18-16(20-12-15(22)21(2)3)19-11-14-13-24-17(25-14)6-9-23-10-7-17;/h14H,4-13H2,1-3H3,(H2,18,19,20);1H. The van der Waals surface area contributed by atoms with Crippen molar-refractivity contribution in [2.45, 2.75) is 44.5 Å². The third kappa shape index (κ3) is 7.53. The lowest BCUT2D eigenvalue weighted by atomic mass is 10.1. The van der Waals surface area contributed by atoms with Crippen LogP contribution >= 0.6 is 24.0 Å². The number of carbonyl (C=O) groups is 1. The van der Waals surface area contributed by atoms with E-state index in [1.165, 1.54) is 4.90 Å². The summed E-state index contributed by atoms with van der Waals surface area (Å²) >= 11 is 0. The van der Waals surface area contributed by atoms with Crippen LogP contribution in [0.5, 0.6) is 0 Å². The highest BCUT2D eigenvalue weighted by atomic mass is 127. The Morgan fingerprint density at radius 1 is 1.27 bits per heavy atom. The zero-order chi connectivity index (χ0) is 18.1. The average molecular weight is 484 g/mol. The SMILES string of the molecule is CCCCNC(=NCC(=O)N(C)C)NCC1COC2(CCOCC2)O1.I. The summed E-state index contributed by atoms with van der Waals surface area (Å²) in [7, 11) is 3.46. The molecule has 8 nitrogen and oxygen atoms in total. The van der Waals surface area contributed by atoms with Crippen LogP contribution in [0.15, 0.2) is 4.99 Å². The number of guanidine groups is 1. The Kier molecular flexibility index (Phi) is 10.7. The van der Waals surface area contributed by atoms with Crippen LogP contribution in [0.3, 0.4) is 0 Å². The average Bonchev–Trinajstić information content (AvgIpc) is 2.99. The van der Waals surface area contributed by atoms with E-state index in [2.05, 4.69) is 22.5 Å². The van der Waals surface area contributed by atoms with Crippen LogP contribution in [0, 0.1) is 0 Å². The maximum atomic E-state index is 11.7. The molecule has 152 valence electrons. The van der Waals surface area contributed by atoms with Gasteiger partial charge in [0.15, 0.2) is 11.7 Å². The van der Waals surface area contributed by atoms with Gasteiger partial charge in [-0.1, -0.05) is 13.3 Å². The summed E-state index contributed by atoms with van der Waals surface area (Å²) in [6, 6.07) is 0. The molecule has 0 radical (unpaired) electrons. The number of ether oxygens (including phenoxy) is 3. The second kappa shape index (κ2) is 11.9. The van der Waals surface area contributed by atoms with Gasteiger partial charge in [0.25, 0.3) is 0 Å². The Morgan fingerprint density at radius 3 is 2.65 bits per heavy atom. The van der Waals surface area contributed by atoms with Crippen LogP contribution < -0.4 is 10.6 Å². The number of nitrogens with one attached hydrogen (secondary N) is 2. The summed E-state index contributed by atoms with van der Waals surface area (Å²) in [5.74, 6) is 0.136. The second-order valence-electron chi connectivity index (χ2n) is 6.69. The third-order valence-electron chi connectivity index (χ3n) is 4.36. The highest BCUT2D eigenvalue weighted by Gasteiger charge is 2.42. The van der Waals surface area contributed by atoms with E-state index in [1.807, 2.05) is 0 Å². The summed E-state index contributed by atoms with van der Waals surface area (Å²) in [6.45, 7) is 5.59. The van der Waals surface area contributed by atoms with Gasteiger partial charge in [0.05, 0.1) is 19.8 Å². The first-order valence-electron chi connectivity index (χ1n) is 9.16. The summed E-state index contributed by atoms with van der Waals surface area (Å²) in [4.78, 5) is 17.7. The molecule has 2 saturated heterocycles. The Hall–Kier alpha value is -0.650. The van der Waals surface area contributed by atoms with Gasteiger partial charge in [0.1, 0.15) is 12.6 Å². The van der Waals surface area contributed by atoms with Crippen molar-refractivity contribution in [3.05, 3.63) is 0 Å². The van der Waals surface area contributed by atoms with Crippen molar-refractivity contribution in [1.29, 1.82) is 0 Å². The van der Waals surface area contributed by atoms with E-state index in [1.54, 1.807) is 14.1 Å². The van der Waals surface area contributed by atoms with Gasteiger partial charge < -0.3 is 29.7 Å². The fraction of sp³-hybridized carbons (Fsp3) is 0.882. The number of carbonyl (C=O) groups excluding carboxylic acids is 1. The molecule has 2 aliphatic rings. The van der Waals surface area contributed by atoms with Gasteiger partial charge in [-0.15, -0.1) is 24.0 Å². The quantitative estimate of drug-likeness (QED) is 0.242. The molecule has 1 amide bonds. The molecule has 0 aromatic heterocycles. The molecule has 1 unspecified atom stereocenters.